The minimum atomic E-state index is -0.610. The van der Waals surface area contributed by atoms with E-state index in [0.29, 0.717) is 21.8 Å². The van der Waals surface area contributed by atoms with Crippen molar-refractivity contribution in [2.45, 2.75) is 30.9 Å². The second-order valence-electron chi connectivity index (χ2n) is 6.96. The Labute approximate surface area is 200 Å². The highest BCUT2D eigenvalue weighted by atomic mass is 35.5. The maximum absolute atomic E-state index is 12.3. The molecule has 1 aromatic heterocycles. The lowest BCUT2D eigenvalue weighted by Crippen LogP contribution is -2.41. The van der Waals surface area contributed by atoms with Gasteiger partial charge in [0.25, 0.3) is 0 Å². The first-order valence-corrected chi connectivity index (χ1v) is 11.2. The van der Waals surface area contributed by atoms with Gasteiger partial charge in [0.15, 0.2) is 11.0 Å². The van der Waals surface area contributed by atoms with Gasteiger partial charge < -0.3 is 14.8 Å². The van der Waals surface area contributed by atoms with Crippen molar-refractivity contribution in [3.05, 3.63) is 58.9 Å². The SMILES string of the molecule is CNC(=O)NC(=O)C(C)Sc1nnc(COc2ccc(OC)cc2)n1-c1ccc(C)c(Cl)c1. The number of nitrogens with one attached hydrogen (secondary N) is 2. The molecule has 0 bridgehead atoms. The normalized spacial score (nSPS) is 11.5. The molecule has 0 radical (unpaired) electrons. The van der Waals surface area contributed by atoms with E-state index in [-0.39, 0.29) is 6.61 Å². The monoisotopic (exact) mass is 489 g/mol. The summed E-state index contributed by atoms with van der Waals surface area (Å²) >= 11 is 7.52. The number of imide groups is 1. The molecule has 11 heteroatoms. The van der Waals surface area contributed by atoms with E-state index in [2.05, 4.69) is 20.8 Å². The second kappa shape index (κ2) is 11.1. The lowest BCUT2D eigenvalue weighted by molar-refractivity contribution is -0.119. The van der Waals surface area contributed by atoms with Crippen LogP contribution in [0.15, 0.2) is 47.6 Å². The van der Waals surface area contributed by atoms with Gasteiger partial charge in [0, 0.05) is 12.1 Å². The van der Waals surface area contributed by atoms with Gasteiger partial charge in [0.1, 0.15) is 18.1 Å². The first-order valence-electron chi connectivity index (χ1n) is 9.99. The molecule has 1 heterocycles. The van der Waals surface area contributed by atoms with Gasteiger partial charge in [-0.1, -0.05) is 29.4 Å². The summed E-state index contributed by atoms with van der Waals surface area (Å²) in [6.45, 7) is 3.72. The van der Waals surface area contributed by atoms with Gasteiger partial charge in [0.05, 0.1) is 18.0 Å². The summed E-state index contributed by atoms with van der Waals surface area (Å²) in [5.41, 5.74) is 1.65. The number of benzene rings is 2. The molecule has 174 valence electrons. The minimum absolute atomic E-state index is 0.129. The predicted octanol–water partition coefficient (Wildman–Crippen LogP) is 3.75. The van der Waals surface area contributed by atoms with E-state index in [0.717, 1.165) is 17.0 Å². The number of aromatic nitrogens is 3. The van der Waals surface area contributed by atoms with Crippen LogP contribution in [0.25, 0.3) is 5.69 Å². The number of amides is 3. The Morgan fingerprint density at radius 3 is 2.48 bits per heavy atom. The third kappa shape index (κ3) is 6.17. The molecule has 9 nitrogen and oxygen atoms in total. The summed E-state index contributed by atoms with van der Waals surface area (Å²) in [6.07, 6.45) is 0. The number of hydrogen-bond donors (Lipinski definition) is 2. The van der Waals surface area contributed by atoms with Crippen LogP contribution < -0.4 is 20.1 Å². The fourth-order valence-electron chi connectivity index (χ4n) is 2.76. The van der Waals surface area contributed by atoms with Crippen LogP contribution in [0, 0.1) is 6.92 Å². The molecular weight excluding hydrogens is 466 g/mol. The molecule has 0 aliphatic rings. The zero-order valence-electron chi connectivity index (χ0n) is 18.6. The predicted molar refractivity (Wildman–Crippen MR) is 126 cm³/mol. The standard InChI is InChI=1S/C22H24ClN5O4S/c1-13-5-6-15(11-18(13)23)28-19(12-32-17-9-7-16(31-4)8-10-17)26-27-22(28)33-14(2)20(29)25-21(30)24-3/h5-11,14H,12H2,1-4H3,(H2,24,25,29,30). The van der Waals surface area contributed by atoms with Crippen molar-refractivity contribution in [2.24, 2.45) is 0 Å². The first kappa shape index (κ1) is 24.4. The van der Waals surface area contributed by atoms with Crippen LogP contribution in [0.2, 0.25) is 5.02 Å². The molecule has 1 unspecified atom stereocenters. The number of hydrogen-bond acceptors (Lipinski definition) is 7. The fraction of sp³-hybridized carbons (Fsp3) is 0.273. The highest BCUT2D eigenvalue weighted by Gasteiger charge is 2.22. The van der Waals surface area contributed by atoms with Crippen molar-refractivity contribution in [3.8, 4) is 17.2 Å². The number of methoxy groups -OCH3 is 1. The minimum Gasteiger partial charge on any atom is -0.497 e. The lowest BCUT2D eigenvalue weighted by atomic mass is 10.2. The Bertz CT molecular complexity index is 1140. The Morgan fingerprint density at radius 1 is 1.15 bits per heavy atom. The van der Waals surface area contributed by atoms with Crippen molar-refractivity contribution >= 4 is 35.3 Å². The molecule has 0 aliphatic heterocycles. The Hall–Kier alpha value is -3.24. The topological polar surface area (TPSA) is 107 Å². The molecule has 3 rings (SSSR count). The van der Waals surface area contributed by atoms with E-state index in [9.17, 15) is 9.59 Å². The van der Waals surface area contributed by atoms with Crippen LogP contribution in [-0.2, 0) is 11.4 Å². The van der Waals surface area contributed by atoms with Crippen molar-refractivity contribution in [2.75, 3.05) is 14.2 Å². The first-order chi connectivity index (χ1) is 15.8. The second-order valence-corrected chi connectivity index (χ2v) is 8.68. The quantitative estimate of drug-likeness (QED) is 0.464. The summed E-state index contributed by atoms with van der Waals surface area (Å²) in [5, 5.41) is 13.6. The smallest absolute Gasteiger partial charge is 0.321 e. The Morgan fingerprint density at radius 2 is 1.85 bits per heavy atom. The molecule has 0 fully saturated rings. The zero-order chi connectivity index (χ0) is 24.0. The average Bonchev–Trinajstić information content (AvgIpc) is 3.21. The molecule has 2 aromatic carbocycles. The summed E-state index contributed by atoms with van der Waals surface area (Å²) in [7, 11) is 3.04. The van der Waals surface area contributed by atoms with Crippen LogP contribution in [0.1, 0.15) is 18.3 Å². The maximum atomic E-state index is 12.3. The third-order valence-electron chi connectivity index (χ3n) is 4.66. The Balaban J connectivity index is 1.87. The summed E-state index contributed by atoms with van der Waals surface area (Å²) in [6, 6.07) is 12.2. The summed E-state index contributed by atoms with van der Waals surface area (Å²) in [4.78, 5) is 23.8. The number of ether oxygens (including phenoxy) is 2. The maximum Gasteiger partial charge on any atom is 0.321 e. The van der Waals surface area contributed by atoms with Crippen LogP contribution >= 0.6 is 23.4 Å². The summed E-state index contributed by atoms with van der Waals surface area (Å²) in [5.74, 6) is 1.43. The van der Waals surface area contributed by atoms with Crippen LogP contribution in [0.5, 0.6) is 11.5 Å². The number of urea groups is 1. The van der Waals surface area contributed by atoms with E-state index in [1.54, 1.807) is 48.9 Å². The lowest BCUT2D eigenvalue weighted by Gasteiger charge is -2.14. The van der Waals surface area contributed by atoms with Gasteiger partial charge in [-0.25, -0.2) is 4.79 Å². The van der Waals surface area contributed by atoms with E-state index in [4.69, 9.17) is 21.1 Å². The zero-order valence-corrected chi connectivity index (χ0v) is 20.2. The number of nitrogens with zero attached hydrogens (tertiary/aromatic N) is 3. The number of thioether (sulfide) groups is 1. The highest BCUT2D eigenvalue weighted by Crippen LogP contribution is 2.29. The van der Waals surface area contributed by atoms with Crippen LogP contribution in [0.4, 0.5) is 4.79 Å². The third-order valence-corrected chi connectivity index (χ3v) is 6.11. The van der Waals surface area contributed by atoms with E-state index >= 15 is 0 Å². The van der Waals surface area contributed by atoms with Crippen molar-refractivity contribution in [1.82, 2.24) is 25.4 Å². The summed E-state index contributed by atoms with van der Waals surface area (Å²) < 4.78 is 12.8. The fourth-order valence-corrected chi connectivity index (χ4v) is 3.82. The van der Waals surface area contributed by atoms with Gasteiger partial charge in [0.2, 0.25) is 5.91 Å². The number of carbonyl (C=O) groups is 2. The van der Waals surface area contributed by atoms with Gasteiger partial charge in [-0.3, -0.25) is 14.7 Å². The van der Waals surface area contributed by atoms with Gasteiger partial charge in [-0.05, 0) is 55.8 Å². The van der Waals surface area contributed by atoms with Gasteiger partial charge in [-0.2, -0.15) is 0 Å². The molecule has 0 aliphatic carbocycles. The van der Waals surface area contributed by atoms with Crippen LogP contribution in [-0.4, -0.2) is 46.1 Å². The van der Waals surface area contributed by atoms with Gasteiger partial charge in [-0.15, -0.1) is 10.2 Å². The van der Waals surface area contributed by atoms with Crippen LogP contribution in [0.3, 0.4) is 0 Å². The van der Waals surface area contributed by atoms with Gasteiger partial charge >= 0.3 is 6.03 Å². The largest absolute Gasteiger partial charge is 0.497 e. The van der Waals surface area contributed by atoms with E-state index in [1.165, 1.54) is 18.8 Å². The molecule has 1 atom stereocenters. The van der Waals surface area contributed by atoms with Crippen molar-refractivity contribution in [1.29, 1.82) is 0 Å². The van der Waals surface area contributed by atoms with Crippen molar-refractivity contribution < 1.29 is 19.1 Å². The van der Waals surface area contributed by atoms with E-state index in [1.807, 2.05) is 19.1 Å². The van der Waals surface area contributed by atoms with Crippen molar-refractivity contribution in [3.63, 3.8) is 0 Å². The number of halogens is 1. The molecule has 0 saturated carbocycles. The molecule has 0 spiro atoms. The number of rotatable bonds is 8. The Kier molecular flexibility index (Phi) is 8.18. The molecule has 0 saturated heterocycles. The number of aryl methyl sites for hydroxylation is 1. The molecular formula is C22H24ClN5O4S. The average molecular weight is 490 g/mol. The molecule has 3 amide bonds. The molecule has 2 N–H and O–H groups in total. The number of carbonyl (C=O) groups excluding carboxylic acids is 2. The van der Waals surface area contributed by atoms with E-state index < -0.39 is 17.2 Å². The molecule has 33 heavy (non-hydrogen) atoms. The highest BCUT2D eigenvalue weighted by molar-refractivity contribution is 8.00. The molecule has 3 aromatic rings.